The number of hydrogen-bond acceptors (Lipinski definition) is 6. The molecule has 8 heteroatoms. The zero-order valence-electron chi connectivity index (χ0n) is 16.6. The second-order valence-corrected chi connectivity index (χ2v) is 7.25. The Morgan fingerprint density at radius 1 is 1.14 bits per heavy atom. The molecule has 0 saturated carbocycles. The lowest BCUT2D eigenvalue weighted by atomic mass is 9.96. The molecule has 2 aromatic heterocycles. The maximum absolute atomic E-state index is 12.3. The van der Waals surface area contributed by atoms with E-state index in [4.69, 9.17) is 9.84 Å². The highest BCUT2D eigenvalue weighted by Gasteiger charge is 2.25. The summed E-state index contributed by atoms with van der Waals surface area (Å²) in [5, 5.41) is 16.3. The molecular weight excluding hydrogens is 368 g/mol. The number of hydrogen-bond donors (Lipinski definition) is 1. The van der Waals surface area contributed by atoms with Gasteiger partial charge in [0.1, 0.15) is 5.82 Å². The van der Waals surface area contributed by atoms with Crippen LogP contribution in [0.1, 0.15) is 19.3 Å². The van der Waals surface area contributed by atoms with Crippen molar-refractivity contribution in [2.24, 2.45) is 5.92 Å². The minimum atomic E-state index is 0.0623. The van der Waals surface area contributed by atoms with Gasteiger partial charge < -0.3 is 15.0 Å². The predicted octanol–water partition coefficient (Wildman–Crippen LogP) is 2.16. The topological polar surface area (TPSA) is 84.6 Å². The molecule has 3 aromatic rings. The van der Waals surface area contributed by atoms with Crippen LogP contribution in [0, 0.1) is 5.92 Å². The third kappa shape index (κ3) is 4.37. The molecule has 29 heavy (non-hydrogen) atoms. The normalized spacial score (nSPS) is 15.0. The van der Waals surface area contributed by atoms with Crippen LogP contribution in [-0.4, -0.2) is 59.1 Å². The first-order chi connectivity index (χ1) is 14.3. The van der Waals surface area contributed by atoms with Gasteiger partial charge in [-0.05, 0) is 31.4 Å². The van der Waals surface area contributed by atoms with E-state index in [1.54, 1.807) is 11.6 Å². The second-order valence-electron chi connectivity index (χ2n) is 7.25. The molecule has 0 bridgehead atoms. The Morgan fingerprint density at radius 2 is 1.93 bits per heavy atom. The van der Waals surface area contributed by atoms with Crippen molar-refractivity contribution in [2.75, 3.05) is 38.3 Å². The number of fused-ring (bicyclic) bond motifs is 1. The zero-order valence-corrected chi connectivity index (χ0v) is 16.6. The molecule has 1 aromatic carbocycles. The van der Waals surface area contributed by atoms with Crippen LogP contribution in [0.15, 0.2) is 42.5 Å². The fourth-order valence-corrected chi connectivity index (χ4v) is 3.66. The SMILES string of the molecule is COCCCNC(=O)C1CCN(c2ccc3nnc(-c4ccccc4)n3n2)CC1. The van der Waals surface area contributed by atoms with E-state index >= 15 is 0 Å². The third-order valence-corrected chi connectivity index (χ3v) is 5.29. The highest BCUT2D eigenvalue weighted by molar-refractivity contribution is 5.79. The maximum atomic E-state index is 12.3. The molecule has 1 N–H and O–H groups in total. The van der Waals surface area contributed by atoms with Gasteiger partial charge in [0.25, 0.3) is 0 Å². The fraction of sp³-hybridized carbons (Fsp3) is 0.429. The van der Waals surface area contributed by atoms with E-state index in [1.165, 1.54) is 0 Å². The van der Waals surface area contributed by atoms with E-state index in [9.17, 15) is 4.79 Å². The Labute approximate surface area is 169 Å². The number of amides is 1. The highest BCUT2D eigenvalue weighted by Crippen LogP contribution is 2.24. The number of carbonyl (C=O) groups excluding carboxylic acids is 1. The molecule has 1 saturated heterocycles. The number of nitrogens with one attached hydrogen (secondary N) is 1. The van der Waals surface area contributed by atoms with Crippen molar-refractivity contribution in [2.45, 2.75) is 19.3 Å². The van der Waals surface area contributed by atoms with Crippen molar-refractivity contribution in [3.05, 3.63) is 42.5 Å². The lowest BCUT2D eigenvalue weighted by molar-refractivity contribution is -0.125. The van der Waals surface area contributed by atoms with Gasteiger partial charge in [-0.2, -0.15) is 4.52 Å². The van der Waals surface area contributed by atoms with Crippen LogP contribution in [0.4, 0.5) is 5.82 Å². The number of benzene rings is 1. The number of methoxy groups -OCH3 is 1. The fourth-order valence-electron chi connectivity index (χ4n) is 3.66. The second kappa shape index (κ2) is 9.00. The zero-order chi connectivity index (χ0) is 20.1. The van der Waals surface area contributed by atoms with Gasteiger partial charge in [-0.3, -0.25) is 4.79 Å². The summed E-state index contributed by atoms with van der Waals surface area (Å²) in [6.45, 7) is 2.94. The quantitative estimate of drug-likeness (QED) is 0.618. The smallest absolute Gasteiger partial charge is 0.223 e. The van der Waals surface area contributed by atoms with E-state index in [-0.39, 0.29) is 11.8 Å². The molecule has 1 aliphatic heterocycles. The summed E-state index contributed by atoms with van der Waals surface area (Å²) in [7, 11) is 1.67. The molecule has 4 rings (SSSR count). The number of carbonyl (C=O) groups is 1. The van der Waals surface area contributed by atoms with Crippen molar-refractivity contribution in [1.29, 1.82) is 0 Å². The Morgan fingerprint density at radius 3 is 2.69 bits per heavy atom. The van der Waals surface area contributed by atoms with Gasteiger partial charge >= 0.3 is 0 Å². The molecule has 152 valence electrons. The summed E-state index contributed by atoms with van der Waals surface area (Å²) >= 11 is 0. The minimum absolute atomic E-state index is 0.0623. The molecule has 1 amide bonds. The van der Waals surface area contributed by atoms with Gasteiger partial charge in [0, 0.05) is 44.8 Å². The molecule has 8 nitrogen and oxygen atoms in total. The van der Waals surface area contributed by atoms with Crippen LogP contribution in [0.2, 0.25) is 0 Å². The molecule has 0 unspecified atom stereocenters. The average molecular weight is 394 g/mol. The molecule has 3 heterocycles. The Bertz CT molecular complexity index is 950. The summed E-state index contributed by atoms with van der Waals surface area (Å²) in [6, 6.07) is 13.9. The lowest BCUT2D eigenvalue weighted by Crippen LogP contribution is -2.41. The van der Waals surface area contributed by atoms with Crippen LogP contribution in [0.3, 0.4) is 0 Å². The monoisotopic (exact) mass is 394 g/mol. The lowest BCUT2D eigenvalue weighted by Gasteiger charge is -2.32. The largest absolute Gasteiger partial charge is 0.385 e. The van der Waals surface area contributed by atoms with Crippen LogP contribution < -0.4 is 10.2 Å². The molecule has 0 spiro atoms. The Kier molecular flexibility index (Phi) is 6.00. The number of aromatic nitrogens is 4. The van der Waals surface area contributed by atoms with Gasteiger partial charge in [0.05, 0.1) is 0 Å². The minimum Gasteiger partial charge on any atom is -0.385 e. The summed E-state index contributed by atoms with van der Waals surface area (Å²) in [5.41, 5.74) is 1.70. The summed E-state index contributed by atoms with van der Waals surface area (Å²) in [6.07, 6.45) is 2.49. The number of rotatable bonds is 7. The number of nitrogens with zero attached hydrogens (tertiary/aromatic N) is 5. The number of piperidine rings is 1. The Hall–Kier alpha value is -3.00. The molecule has 0 aliphatic carbocycles. The van der Waals surface area contributed by atoms with E-state index in [2.05, 4.69) is 20.4 Å². The standard InChI is InChI=1S/C21H26N6O2/c1-29-15-5-12-22-21(28)17-10-13-26(14-11-17)19-9-8-18-23-24-20(27(18)25-19)16-6-3-2-4-7-16/h2-4,6-9,17H,5,10-15H2,1H3,(H,22,28). The average Bonchev–Trinajstić information content (AvgIpc) is 3.20. The van der Waals surface area contributed by atoms with Gasteiger partial charge in [-0.15, -0.1) is 15.3 Å². The number of ether oxygens (including phenoxy) is 1. The summed E-state index contributed by atoms with van der Waals surface area (Å²) < 4.78 is 6.81. The van der Waals surface area contributed by atoms with Crippen molar-refractivity contribution < 1.29 is 9.53 Å². The van der Waals surface area contributed by atoms with E-state index in [0.717, 1.165) is 55.2 Å². The summed E-state index contributed by atoms with van der Waals surface area (Å²) in [4.78, 5) is 14.6. The first-order valence-electron chi connectivity index (χ1n) is 10.1. The van der Waals surface area contributed by atoms with E-state index in [0.29, 0.717) is 13.2 Å². The van der Waals surface area contributed by atoms with Crippen molar-refractivity contribution in [3.8, 4) is 11.4 Å². The van der Waals surface area contributed by atoms with Crippen LogP contribution >= 0.6 is 0 Å². The number of anilines is 1. The van der Waals surface area contributed by atoms with E-state index < -0.39 is 0 Å². The molecule has 1 aliphatic rings. The van der Waals surface area contributed by atoms with Crippen molar-refractivity contribution >= 4 is 17.4 Å². The molecule has 1 fully saturated rings. The van der Waals surface area contributed by atoms with Gasteiger partial charge in [0.2, 0.25) is 5.91 Å². The van der Waals surface area contributed by atoms with Crippen LogP contribution in [0.25, 0.3) is 17.0 Å². The van der Waals surface area contributed by atoms with E-state index in [1.807, 2.05) is 42.5 Å². The van der Waals surface area contributed by atoms with Crippen molar-refractivity contribution in [1.82, 2.24) is 25.1 Å². The summed E-state index contributed by atoms with van der Waals surface area (Å²) in [5.74, 6) is 1.82. The van der Waals surface area contributed by atoms with Crippen molar-refractivity contribution in [3.63, 3.8) is 0 Å². The maximum Gasteiger partial charge on any atom is 0.223 e. The Balaban J connectivity index is 1.42. The predicted molar refractivity (Wildman–Crippen MR) is 111 cm³/mol. The van der Waals surface area contributed by atoms with Crippen LogP contribution in [-0.2, 0) is 9.53 Å². The molecule has 0 atom stereocenters. The third-order valence-electron chi connectivity index (χ3n) is 5.29. The molecule has 0 radical (unpaired) electrons. The van der Waals surface area contributed by atoms with Gasteiger partial charge in [-0.1, -0.05) is 30.3 Å². The first kappa shape index (κ1) is 19.3. The van der Waals surface area contributed by atoms with Gasteiger partial charge in [-0.25, -0.2) is 0 Å². The first-order valence-corrected chi connectivity index (χ1v) is 10.1. The van der Waals surface area contributed by atoms with Gasteiger partial charge in [0.15, 0.2) is 11.5 Å². The van der Waals surface area contributed by atoms with Crippen LogP contribution in [0.5, 0.6) is 0 Å². The molecular formula is C21H26N6O2. The highest BCUT2D eigenvalue weighted by atomic mass is 16.5.